The Kier molecular flexibility index (Phi) is 3.96. The van der Waals surface area contributed by atoms with Gasteiger partial charge in [0.2, 0.25) is 5.88 Å². The summed E-state index contributed by atoms with van der Waals surface area (Å²) in [5.74, 6) is -0.960. The molecule has 1 saturated heterocycles. The highest BCUT2D eigenvalue weighted by Gasteiger charge is 2.34. The summed E-state index contributed by atoms with van der Waals surface area (Å²) in [7, 11) is 1.50. The smallest absolute Gasteiger partial charge is 0.332 e. The maximum atomic E-state index is 11.8. The molecule has 0 radical (unpaired) electrons. The third-order valence-corrected chi connectivity index (χ3v) is 2.80. The van der Waals surface area contributed by atoms with E-state index in [-0.39, 0.29) is 5.91 Å². The highest BCUT2D eigenvalue weighted by Crippen LogP contribution is 2.21. The van der Waals surface area contributed by atoms with Gasteiger partial charge in [-0.05, 0) is 18.9 Å². The molecule has 0 saturated carbocycles. The summed E-state index contributed by atoms with van der Waals surface area (Å²) >= 11 is 0. The number of rotatable bonds is 4. The lowest BCUT2D eigenvalue weighted by Crippen LogP contribution is -2.29. The van der Waals surface area contributed by atoms with Crippen LogP contribution >= 0.6 is 0 Å². The van der Waals surface area contributed by atoms with Crippen LogP contribution < -0.4 is 10.1 Å². The fourth-order valence-corrected chi connectivity index (χ4v) is 1.81. The van der Waals surface area contributed by atoms with Crippen LogP contribution in [0.15, 0.2) is 18.3 Å². The number of amides is 1. The van der Waals surface area contributed by atoms with Gasteiger partial charge in [-0.25, -0.2) is 9.78 Å². The van der Waals surface area contributed by atoms with Gasteiger partial charge in [0.05, 0.1) is 19.0 Å². The van der Waals surface area contributed by atoms with Gasteiger partial charge in [0, 0.05) is 6.07 Å². The van der Waals surface area contributed by atoms with Crippen LogP contribution in [0, 0.1) is 0 Å². The van der Waals surface area contributed by atoms with Crippen molar-refractivity contribution in [1.29, 1.82) is 0 Å². The third-order valence-electron chi connectivity index (χ3n) is 2.80. The van der Waals surface area contributed by atoms with E-state index in [0.717, 1.165) is 0 Å². The van der Waals surface area contributed by atoms with Crippen molar-refractivity contribution < 1.29 is 24.2 Å². The molecular weight excluding hydrogens is 252 g/mol. The molecule has 1 amide bonds. The van der Waals surface area contributed by atoms with E-state index in [1.54, 1.807) is 12.1 Å². The first-order chi connectivity index (χ1) is 9.10. The van der Waals surface area contributed by atoms with Gasteiger partial charge in [0.25, 0.3) is 5.91 Å². The Morgan fingerprint density at radius 3 is 2.68 bits per heavy atom. The van der Waals surface area contributed by atoms with Crippen LogP contribution in [0.25, 0.3) is 0 Å². The number of aliphatic carboxylic acids is 1. The summed E-state index contributed by atoms with van der Waals surface area (Å²) < 4.78 is 10.0. The molecule has 0 aliphatic carbocycles. The average Bonchev–Trinajstić information content (AvgIpc) is 2.89. The normalized spacial score (nSPS) is 21.9. The molecule has 7 heteroatoms. The molecule has 2 rings (SSSR count). The number of aromatic nitrogens is 1. The zero-order valence-electron chi connectivity index (χ0n) is 10.3. The van der Waals surface area contributed by atoms with Crippen LogP contribution in [0.2, 0.25) is 0 Å². The van der Waals surface area contributed by atoms with Crippen molar-refractivity contribution in [2.24, 2.45) is 0 Å². The van der Waals surface area contributed by atoms with Crippen LogP contribution in [0.1, 0.15) is 12.8 Å². The summed E-state index contributed by atoms with van der Waals surface area (Å²) in [5.41, 5.74) is 0.508. The van der Waals surface area contributed by atoms with Crippen molar-refractivity contribution >= 4 is 17.6 Å². The van der Waals surface area contributed by atoms with Gasteiger partial charge in [-0.15, -0.1) is 0 Å². The lowest BCUT2D eigenvalue weighted by Gasteiger charge is -2.11. The Hall–Kier alpha value is -2.15. The first-order valence-electron chi connectivity index (χ1n) is 5.79. The lowest BCUT2D eigenvalue weighted by atomic mass is 10.2. The van der Waals surface area contributed by atoms with Crippen molar-refractivity contribution in [2.45, 2.75) is 25.0 Å². The molecular formula is C12H14N2O5. The molecule has 102 valence electrons. The molecule has 2 heterocycles. The van der Waals surface area contributed by atoms with Gasteiger partial charge >= 0.3 is 5.97 Å². The van der Waals surface area contributed by atoms with Crippen molar-refractivity contribution in [2.75, 3.05) is 12.4 Å². The number of nitrogens with zero attached hydrogens (tertiary/aromatic N) is 1. The van der Waals surface area contributed by atoms with Gasteiger partial charge in [0.15, 0.2) is 6.10 Å². The van der Waals surface area contributed by atoms with E-state index in [0.29, 0.717) is 24.4 Å². The lowest BCUT2D eigenvalue weighted by molar-refractivity contribution is -0.150. The first-order valence-corrected chi connectivity index (χ1v) is 5.79. The minimum atomic E-state index is -1.04. The summed E-state index contributed by atoms with van der Waals surface area (Å²) in [6.45, 7) is 0. The molecule has 7 nitrogen and oxygen atoms in total. The number of anilines is 1. The number of carboxylic acids is 1. The van der Waals surface area contributed by atoms with E-state index in [9.17, 15) is 9.59 Å². The van der Waals surface area contributed by atoms with E-state index in [4.69, 9.17) is 14.6 Å². The molecule has 1 aromatic rings. The molecule has 0 bridgehead atoms. The maximum Gasteiger partial charge on any atom is 0.332 e. The average molecular weight is 266 g/mol. The number of methoxy groups -OCH3 is 1. The largest absolute Gasteiger partial charge is 0.481 e. The van der Waals surface area contributed by atoms with Gasteiger partial charge in [0.1, 0.15) is 6.10 Å². The fraction of sp³-hybridized carbons (Fsp3) is 0.417. The van der Waals surface area contributed by atoms with Crippen molar-refractivity contribution in [3.05, 3.63) is 18.3 Å². The second-order valence-electron chi connectivity index (χ2n) is 4.11. The zero-order chi connectivity index (χ0) is 13.8. The van der Waals surface area contributed by atoms with Gasteiger partial charge < -0.3 is 19.9 Å². The molecule has 0 spiro atoms. The number of hydrogen-bond acceptors (Lipinski definition) is 5. The van der Waals surface area contributed by atoms with Crippen LogP contribution in [0.5, 0.6) is 5.88 Å². The number of hydrogen-bond donors (Lipinski definition) is 2. The van der Waals surface area contributed by atoms with Crippen LogP contribution in [0.3, 0.4) is 0 Å². The second-order valence-corrected chi connectivity index (χ2v) is 4.11. The Balaban J connectivity index is 1.92. The van der Waals surface area contributed by atoms with Gasteiger partial charge in [-0.1, -0.05) is 0 Å². The number of carboxylic acid groups (broad SMARTS) is 1. The summed E-state index contributed by atoms with van der Waals surface area (Å²) in [5, 5.41) is 11.4. The molecule has 2 unspecified atom stereocenters. The fourth-order valence-electron chi connectivity index (χ4n) is 1.81. The van der Waals surface area contributed by atoms with Crippen molar-refractivity contribution in [1.82, 2.24) is 4.98 Å². The Morgan fingerprint density at radius 1 is 1.42 bits per heavy atom. The predicted molar refractivity (Wildman–Crippen MR) is 64.9 cm³/mol. The second kappa shape index (κ2) is 5.66. The Bertz CT molecular complexity index is 474. The number of pyridine rings is 1. The molecule has 1 aliphatic rings. The molecule has 2 atom stereocenters. The maximum absolute atomic E-state index is 11.8. The topological polar surface area (TPSA) is 97.8 Å². The number of ether oxygens (including phenoxy) is 2. The molecule has 19 heavy (non-hydrogen) atoms. The van der Waals surface area contributed by atoms with Gasteiger partial charge in [-0.2, -0.15) is 0 Å². The molecule has 2 N–H and O–H groups in total. The molecule has 1 fully saturated rings. The molecule has 1 aliphatic heterocycles. The quantitative estimate of drug-likeness (QED) is 0.830. The zero-order valence-corrected chi connectivity index (χ0v) is 10.3. The summed E-state index contributed by atoms with van der Waals surface area (Å²) in [6.07, 6.45) is 0.564. The number of nitrogens with one attached hydrogen (secondary N) is 1. The van der Waals surface area contributed by atoms with Gasteiger partial charge in [-0.3, -0.25) is 4.79 Å². The number of carbonyl (C=O) groups is 2. The highest BCUT2D eigenvalue weighted by atomic mass is 16.5. The SMILES string of the molecule is COc1ccc(NC(=O)C2CCC(C(=O)O)O2)cn1. The van der Waals surface area contributed by atoms with E-state index in [1.807, 2.05) is 0 Å². The monoisotopic (exact) mass is 266 g/mol. The summed E-state index contributed by atoms with van der Waals surface area (Å²) in [4.78, 5) is 26.5. The predicted octanol–water partition coefficient (Wildman–Crippen LogP) is 0.661. The number of carbonyl (C=O) groups excluding carboxylic acids is 1. The Morgan fingerprint density at radius 2 is 2.16 bits per heavy atom. The van der Waals surface area contributed by atoms with E-state index in [1.165, 1.54) is 13.3 Å². The minimum absolute atomic E-state index is 0.342. The van der Waals surface area contributed by atoms with Crippen LogP contribution in [-0.4, -0.2) is 41.3 Å². The van der Waals surface area contributed by atoms with Crippen LogP contribution in [-0.2, 0) is 14.3 Å². The van der Waals surface area contributed by atoms with Crippen molar-refractivity contribution in [3.8, 4) is 5.88 Å². The Labute approximate surface area is 109 Å². The molecule has 0 aromatic carbocycles. The van der Waals surface area contributed by atoms with Crippen molar-refractivity contribution in [3.63, 3.8) is 0 Å². The van der Waals surface area contributed by atoms with E-state index in [2.05, 4.69) is 10.3 Å². The van der Waals surface area contributed by atoms with Crippen LogP contribution in [0.4, 0.5) is 5.69 Å². The molecule has 1 aromatic heterocycles. The minimum Gasteiger partial charge on any atom is -0.481 e. The standard InChI is InChI=1S/C12H14N2O5/c1-18-10-5-2-7(6-13-10)14-11(15)8-3-4-9(19-8)12(16)17/h2,5-6,8-9H,3-4H2,1H3,(H,14,15)(H,16,17). The van der Waals surface area contributed by atoms with E-state index >= 15 is 0 Å². The first kappa shape index (κ1) is 13.3. The highest BCUT2D eigenvalue weighted by molar-refractivity contribution is 5.94. The summed E-state index contributed by atoms with van der Waals surface area (Å²) in [6, 6.07) is 3.26. The van der Waals surface area contributed by atoms with E-state index < -0.39 is 18.2 Å². The third kappa shape index (κ3) is 3.19.